The van der Waals surface area contributed by atoms with Crippen molar-refractivity contribution >= 4 is 10.0 Å². The third-order valence-corrected chi connectivity index (χ3v) is 5.23. The van der Waals surface area contributed by atoms with E-state index in [1.165, 1.54) is 23.2 Å². The van der Waals surface area contributed by atoms with Gasteiger partial charge in [-0.25, -0.2) is 13.4 Å². The van der Waals surface area contributed by atoms with Crippen LogP contribution in [0.15, 0.2) is 59.7 Å². The van der Waals surface area contributed by atoms with E-state index in [9.17, 15) is 8.42 Å². The Morgan fingerprint density at radius 2 is 2.08 bits per heavy atom. The van der Waals surface area contributed by atoms with Gasteiger partial charge in [-0.3, -0.25) is 4.98 Å². The average molecular weight is 357 g/mol. The third kappa shape index (κ3) is 3.01. The van der Waals surface area contributed by atoms with Crippen molar-refractivity contribution in [3.8, 4) is 11.5 Å². The summed E-state index contributed by atoms with van der Waals surface area (Å²) in [5, 5.41) is 0. The van der Waals surface area contributed by atoms with Crippen LogP contribution in [-0.4, -0.2) is 28.9 Å². The normalized spacial score (nSPS) is 17.4. The Labute approximate surface area is 145 Å². The topological polar surface area (TPSA) is 85.5 Å². The average Bonchev–Trinajstić information content (AvgIpc) is 3.21. The van der Waals surface area contributed by atoms with Crippen LogP contribution in [0.1, 0.15) is 22.9 Å². The summed E-state index contributed by atoms with van der Waals surface area (Å²) in [5.41, 5.74) is 1.73. The number of pyridine rings is 1. The van der Waals surface area contributed by atoms with Crippen molar-refractivity contribution in [1.29, 1.82) is 0 Å². The molecule has 7 nitrogen and oxygen atoms in total. The molecule has 1 atom stereocenters. The van der Waals surface area contributed by atoms with Crippen molar-refractivity contribution in [2.24, 2.45) is 0 Å². The van der Waals surface area contributed by atoms with Gasteiger partial charge in [-0.15, -0.1) is 0 Å². The molecule has 3 heterocycles. The first-order valence-corrected chi connectivity index (χ1v) is 9.43. The molecule has 0 saturated carbocycles. The molecule has 1 unspecified atom stereocenters. The fraction of sp³-hybridized carbons (Fsp3) is 0.176. The van der Waals surface area contributed by atoms with Gasteiger partial charge in [-0.2, -0.15) is 4.31 Å². The minimum Gasteiger partial charge on any atom is -0.456 e. The van der Waals surface area contributed by atoms with Crippen molar-refractivity contribution in [1.82, 2.24) is 14.3 Å². The molecule has 0 fully saturated rings. The highest BCUT2D eigenvalue weighted by atomic mass is 32.2. The second-order valence-electron chi connectivity index (χ2n) is 5.77. The van der Waals surface area contributed by atoms with Crippen molar-refractivity contribution < 1.29 is 17.6 Å². The summed E-state index contributed by atoms with van der Waals surface area (Å²) < 4.78 is 37.0. The van der Waals surface area contributed by atoms with E-state index in [0.717, 1.165) is 11.1 Å². The minimum absolute atomic E-state index is 0.254. The summed E-state index contributed by atoms with van der Waals surface area (Å²) in [4.78, 5) is 7.92. The Balaban J connectivity index is 1.72. The molecule has 0 N–H and O–H groups in total. The Morgan fingerprint density at radius 1 is 1.20 bits per heavy atom. The number of ether oxygens (including phenoxy) is 1. The highest BCUT2D eigenvalue weighted by Crippen LogP contribution is 2.41. The molecule has 0 amide bonds. The van der Waals surface area contributed by atoms with Gasteiger partial charge >= 0.3 is 0 Å². The van der Waals surface area contributed by atoms with Gasteiger partial charge in [0.15, 0.2) is 6.39 Å². The van der Waals surface area contributed by atoms with E-state index in [2.05, 4.69) is 9.97 Å². The summed E-state index contributed by atoms with van der Waals surface area (Å²) in [6.45, 7) is 0.254. The van der Waals surface area contributed by atoms with Crippen molar-refractivity contribution in [2.75, 3.05) is 6.26 Å². The number of fused-ring (bicyclic) bond motifs is 1. The molecule has 2 aromatic heterocycles. The van der Waals surface area contributed by atoms with Gasteiger partial charge < -0.3 is 9.15 Å². The first kappa shape index (κ1) is 15.8. The monoisotopic (exact) mass is 357 g/mol. The minimum atomic E-state index is -3.42. The molecule has 0 bridgehead atoms. The summed E-state index contributed by atoms with van der Waals surface area (Å²) >= 11 is 0. The van der Waals surface area contributed by atoms with Gasteiger partial charge in [0.05, 0.1) is 18.6 Å². The number of aromatic nitrogens is 2. The maximum Gasteiger partial charge on any atom is 0.212 e. The van der Waals surface area contributed by atoms with Crippen molar-refractivity contribution in [3.05, 3.63) is 72.2 Å². The second-order valence-corrected chi connectivity index (χ2v) is 7.70. The number of rotatable bonds is 4. The number of benzene rings is 1. The van der Waals surface area contributed by atoms with Crippen LogP contribution < -0.4 is 4.74 Å². The van der Waals surface area contributed by atoms with Crippen LogP contribution >= 0.6 is 0 Å². The van der Waals surface area contributed by atoms with Gasteiger partial charge in [0.2, 0.25) is 10.0 Å². The molecule has 1 aromatic carbocycles. The summed E-state index contributed by atoms with van der Waals surface area (Å²) in [6, 6.07) is 8.59. The molecule has 3 aromatic rings. The molecule has 8 heteroatoms. The fourth-order valence-corrected chi connectivity index (χ4v) is 3.95. The zero-order valence-corrected chi connectivity index (χ0v) is 14.2. The second kappa shape index (κ2) is 5.98. The molecular formula is C17H15N3O4S. The van der Waals surface area contributed by atoms with E-state index >= 15 is 0 Å². The molecule has 0 saturated heterocycles. The number of oxazole rings is 1. The first-order chi connectivity index (χ1) is 12.0. The lowest BCUT2D eigenvalue weighted by Crippen LogP contribution is -2.28. The fourth-order valence-electron chi connectivity index (χ4n) is 2.97. The Hall–Kier alpha value is -2.71. The highest BCUT2D eigenvalue weighted by molar-refractivity contribution is 7.88. The Bertz CT molecular complexity index is 988. The van der Waals surface area contributed by atoms with Crippen LogP contribution in [0.2, 0.25) is 0 Å². The van der Waals surface area contributed by atoms with Gasteiger partial charge in [0, 0.05) is 12.7 Å². The van der Waals surface area contributed by atoms with E-state index in [1.54, 1.807) is 30.6 Å². The van der Waals surface area contributed by atoms with E-state index in [1.807, 2.05) is 12.1 Å². The van der Waals surface area contributed by atoms with Crippen LogP contribution in [0, 0.1) is 0 Å². The van der Waals surface area contributed by atoms with Crippen molar-refractivity contribution in [2.45, 2.75) is 12.6 Å². The largest absolute Gasteiger partial charge is 0.456 e. The maximum atomic E-state index is 12.2. The predicted octanol–water partition coefficient (Wildman–Crippen LogP) is 2.73. The van der Waals surface area contributed by atoms with Crippen LogP contribution in [0.4, 0.5) is 0 Å². The number of nitrogens with zero attached hydrogens (tertiary/aromatic N) is 3. The first-order valence-electron chi connectivity index (χ1n) is 7.58. The smallest absolute Gasteiger partial charge is 0.212 e. The van der Waals surface area contributed by atoms with Gasteiger partial charge in [-0.1, -0.05) is 6.07 Å². The summed E-state index contributed by atoms with van der Waals surface area (Å²) in [6.07, 6.45) is 7.32. The Morgan fingerprint density at radius 3 is 2.76 bits per heavy atom. The van der Waals surface area contributed by atoms with E-state index in [4.69, 9.17) is 9.15 Å². The van der Waals surface area contributed by atoms with Crippen LogP contribution in [0.25, 0.3) is 0 Å². The molecule has 1 aliphatic heterocycles. The summed E-state index contributed by atoms with van der Waals surface area (Å²) in [5.74, 6) is 1.73. The Kier molecular flexibility index (Phi) is 3.78. The number of hydrogen-bond acceptors (Lipinski definition) is 6. The molecule has 25 heavy (non-hydrogen) atoms. The SMILES string of the molecule is CS(=O)(=O)N1Cc2cc(Oc3cccnc3)ccc2C1c1cnco1. The lowest BCUT2D eigenvalue weighted by molar-refractivity contribution is 0.341. The van der Waals surface area contributed by atoms with E-state index < -0.39 is 16.1 Å². The van der Waals surface area contributed by atoms with Crippen LogP contribution in [-0.2, 0) is 16.6 Å². The molecule has 1 aliphatic rings. The van der Waals surface area contributed by atoms with E-state index in [-0.39, 0.29) is 6.54 Å². The standard InChI is InChI=1S/C17H15N3O4S/c1-25(21,22)20-10-12-7-13(24-14-3-2-6-18-8-14)4-5-15(12)17(20)16-9-19-11-23-16/h2-9,11,17H,10H2,1H3. The number of sulfonamides is 1. The van der Waals surface area contributed by atoms with Gasteiger partial charge in [-0.05, 0) is 35.4 Å². The lowest BCUT2D eigenvalue weighted by Gasteiger charge is -2.20. The maximum absolute atomic E-state index is 12.2. The molecule has 0 radical (unpaired) electrons. The van der Waals surface area contributed by atoms with Crippen LogP contribution in [0.5, 0.6) is 11.5 Å². The molecule has 0 spiro atoms. The van der Waals surface area contributed by atoms with Crippen LogP contribution in [0.3, 0.4) is 0 Å². The third-order valence-electron chi connectivity index (χ3n) is 4.04. The summed E-state index contributed by atoms with van der Waals surface area (Å²) in [7, 11) is -3.42. The highest BCUT2D eigenvalue weighted by Gasteiger charge is 2.39. The lowest BCUT2D eigenvalue weighted by atomic mass is 10.0. The molecule has 128 valence electrons. The van der Waals surface area contributed by atoms with Gasteiger partial charge in [0.1, 0.15) is 23.3 Å². The number of hydrogen-bond donors (Lipinski definition) is 0. The zero-order valence-electron chi connectivity index (χ0n) is 13.4. The molecular weight excluding hydrogens is 342 g/mol. The van der Waals surface area contributed by atoms with E-state index in [0.29, 0.717) is 17.3 Å². The van der Waals surface area contributed by atoms with Crippen molar-refractivity contribution in [3.63, 3.8) is 0 Å². The predicted molar refractivity (Wildman–Crippen MR) is 89.5 cm³/mol. The molecule has 0 aliphatic carbocycles. The zero-order chi connectivity index (χ0) is 17.4. The molecule has 4 rings (SSSR count). The quantitative estimate of drug-likeness (QED) is 0.714. The van der Waals surface area contributed by atoms with Gasteiger partial charge in [0.25, 0.3) is 0 Å².